The Morgan fingerprint density at radius 2 is 2.18 bits per heavy atom. The van der Waals surface area contributed by atoms with Gasteiger partial charge in [0.15, 0.2) is 0 Å². The van der Waals surface area contributed by atoms with Crippen LogP contribution in [0.1, 0.15) is 39.5 Å². The summed E-state index contributed by atoms with van der Waals surface area (Å²) in [4.78, 5) is 0. The Morgan fingerprint density at radius 1 is 1.55 bits per heavy atom. The molecule has 1 fully saturated rings. The van der Waals surface area contributed by atoms with Crippen molar-refractivity contribution < 1.29 is 8.78 Å². The molecule has 0 bridgehead atoms. The van der Waals surface area contributed by atoms with Crippen molar-refractivity contribution in [3.8, 4) is 0 Å². The molecule has 2 heteroatoms. The molecule has 0 aromatic carbocycles. The molecule has 0 amide bonds. The van der Waals surface area contributed by atoms with E-state index in [2.05, 4.69) is 0 Å². The predicted molar refractivity (Wildman–Crippen MR) is 42.0 cm³/mol. The summed E-state index contributed by atoms with van der Waals surface area (Å²) in [5, 5.41) is 0. The molecule has 0 heterocycles. The van der Waals surface area contributed by atoms with Gasteiger partial charge < -0.3 is 0 Å². The van der Waals surface area contributed by atoms with Crippen molar-refractivity contribution in [1.29, 1.82) is 0 Å². The van der Waals surface area contributed by atoms with E-state index in [0.717, 1.165) is 19.3 Å². The van der Waals surface area contributed by atoms with Crippen LogP contribution in [0.2, 0.25) is 0 Å². The zero-order valence-corrected chi connectivity index (χ0v) is 7.24. The highest BCUT2D eigenvalue weighted by Gasteiger charge is 2.42. The first-order valence-corrected chi connectivity index (χ1v) is 4.41. The molecular weight excluding hydrogens is 146 g/mol. The van der Waals surface area contributed by atoms with E-state index in [1.165, 1.54) is 6.92 Å². The van der Waals surface area contributed by atoms with Gasteiger partial charge in [0.05, 0.1) is 0 Å². The van der Waals surface area contributed by atoms with E-state index in [1.807, 2.05) is 6.92 Å². The minimum atomic E-state index is -1.56. The Bertz CT molecular complexity index is 132. The zero-order valence-electron chi connectivity index (χ0n) is 7.24. The van der Waals surface area contributed by atoms with E-state index >= 15 is 0 Å². The molecule has 1 rings (SSSR count). The van der Waals surface area contributed by atoms with Crippen molar-refractivity contribution >= 4 is 0 Å². The van der Waals surface area contributed by atoms with Gasteiger partial charge in [0, 0.05) is 0 Å². The molecule has 0 nitrogen and oxygen atoms in total. The summed E-state index contributed by atoms with van der Waals surface area (Å²) >= 11 is 0. The average molecular weight is 162 g/mol. The Labute approximate surface area is 67.0 Å². The van der Waals surface area contributed by atoms with Gasteiger partial charge >= 0.3 is 0 Å². The maximum absolute atomic E-state index is 13.3. The van der Waals surface area contributed by atoms with E-state index < -0.39 is 11.8 Å². The Kier molecular flexibility index (Phi) is 2.50. The van der Waals surface area contributed by atoms with Crippen LogP contribution in [0.5, 0.6) is 0 Å². The first kappa shape index (κ1) is 8.95. The molecule has 0 N–H and O–H groups in total. The van der Waals surface area contributed by atoms with Crippen LogP contribution in [0.4, 0.5) is 8.78 Å². The van der Waals surface area contributed by atoms with E-state index in [-0.39, 0.29) is 5.92 Å². The standard InChI is InChI=1S/C9H16F2/c1-3-7-5-4-6-9(2,11)8(7)10/h7-8H,3-6H2,1-2H3. The van der Waals surface area contributed by atoms with Crippen LogP contribution in [0, 0.1) is 5.92 Å². The van der Waals surface area contributed by atoms with Gasteiger partial charge in [0.1, 0.15) is 11.8 Å². The van der Waals surface area contributed by atoms with Crippen molar-refractivity contribution in [3.05, 3.63) is 0 Å². The van der Waals surface area contributed by atoms with Crippen LogP contribution in [-0.2, 0) is 0 Å². The summed E-state index contributed by atoms with van der Waals surface area (Å²) in [6.45, 7) is 3.32. The first-order chi connectivity index (χ1) is 5.08. The monoisotopic (exact) mass is 162 g/mol. The molecule has 0 radical (unpaired) electrons. The molecule has 1 saturated carbocycles. The largest absolute Gasteiger partial charge is 0.244 e. The van der Waals surface area contributed by atoms with Gasteiger partial charge in [0.25, 0.3) is 0 Å². The third-order valence-corrected chi connectivity index (χ3v) is 2.75. The molecule has 0 aliphatic heterocycles. The Hall–Kier alpha value is -0.140. The highest BCUT2D eigenvalue weighted by molar-refractivity contribution is 4.91. The van der Waals surface area contributed by atoms with Crippen LogP contribution in [0.25, 0.3) is 0 Å². The lowest BCUT2D eigenvalue weighted by atomic mass is 9.77. The van der Waals surface area contributed by atoms with Gasteiger partial charge in [-0.25, -0.2) is 8.78 Å². The predicted octanol–water partition coefficient (Wildman–Crippen LogP) is 3.26. The molecule has 66 valence electrons. The number of hydrogen-bond acceptors (Lipinski definition) is 0. The van der Waals surface area contributed by atoms with Gasteiger partial charge in [-0.2, -0.15) is 0 Å². The van der Waals surface area contributed by atoms with E-state index in [0.29, 0.717) is 6.42 Å². The minimum absolute atomic E-state index is 0.0428. The SMILES string of the molecule is CCC1CCCC(C)(F)C1F. The lowest BCUT2D eigenvalue weighted by Gasteiger charge is -2.35. The van der Waals surface area contributed by atoms with Gasteiger partial charge in [-0.1, -0.05) is 13.3 Å². The molecule has 11 heavy (non-hydrogen) atoms. The third-order valence-electron chi connectivity index (χ3n) is 2.75. The molecule has 1 aliphatic carbocycles. The number of alkyl halides is 2. The van der Waals surface area contributed by atoms with E-state index in [4.69, 9.17) is 0 Å². The van der Waals surface area contributed by atoms with Crippen LogP contribution in [-0.4, -0.2) is 11.8 Å². The summed E-state index contributed by atoms with van der Waals surface area (Å²) in [6, 6.07) is 0. The highest BCUT2D eigenvalue weighted by Crippen LogP contribution is 2.38. The lowest BCUT2D eigenvalue weighted by Crippen LogP contribution is -2.40. The molecule has 1 aliphatic rings. The smallest absolute Gasteiger partial charge is 0.139 e. The quantitative estimate of drug-likeness (QED) is 0.555. The van der Waals surface area contributed by atoms with Gasteiger partial charge in [0.2, 0.25) is 0 Å². The summed E-state index contributed by atoms with van der Waals surface area (Å²) < 4.78 is 26.6. The van der Waals surface area contributed by atoms with Gasteiger partial charge in [-0.05, 0) is 32.1 Å². The fraction of sp³-hybridized carbons (Fsp3) is 1.00. The Balaban J connectivity index is 2.60. The average Bonchev–Trinajstić information content (AvgIpc) is 1.95. The first-order valence-electron chi connectivity index (χ1n) is 4.41. The molecule has 0 saturated heterocycles. The molecule has 0 spiro atoms. The number of halogens is 2. The second-order valence-electron chi connectivity index (χ2n) is 3.74. The molecule has 0 aromatic heterocycles. The van der Waals surface area contributed by atoms with Crippen molar-refractivity contribution in [1.82, 2.24) is 0 Å². The maximum atomic E-state index is 13.3. The van der Waals surface area contributed by atoms with Crippen molar-refractivity contribution in [2.24, 2.45) is 5.92 Å². The maximum Gasteiger partial charge on any atom is 0.139 e. The normalized spacial score (nSPS) is 45.8. The van der Waals surface area contributed by atoms with E-state index in [9.17, 15) is 8.78 Å². The van der Waals surface area contributed by atoms with Crippen LogP contribution in [0.3, 0.4) is 0 Å². The zero-order chi connectivity index (χ0) is 8.48. The lowest BCUT2D eigenvalue weighted by molar-refractivity contribution is -0.0112. The summed E-state index contributed by atoms with van der Waals surface area (Å²) in [5.41, 5.74) is -1.56. The molecule has 3 unspecified atom stereocenters. The minimum Gasteiger partial charge on any atom is -0.244 e. The molecule has 0 aromatic rings. The van der Waals surface area contributed by atoms with Crippen molar-refractivity contribution in [2.45, 2.75) is 51.4 Å². The highest BCUT2D eigenvalue weighted by atomic mass is 19.2. The van der Waals surface area contributed by atoms with Gasteiger partial charge in [-0.15, -0.1) is 0 Å². The van der Waals surface area contributed by atoms with Crippen molar-refractivity contribution in [2.75, 3.05) is 0 Å². The fourth-order valence-electron chi connectivity index (χ4n) is 1.90. The summed E-state index contributed by atoms with van der Waals surface area (Å²) in [5.74, 6) is -0.0428. The van der Waals surface area contributed by atoms with Crippen LogP contribution < -0.4 is 0 Å². The summed E-state index contributed by atoms with van der Waals surface area (Å²) in [7, 11) is 0. The fourth-order valence-corrected chi connectivity index (χ4v) is 1.90. The van der Waals surface area contributed by atoms with Crippen LogP contribution >= 0.6 is 0 Å². The van der Waals surface area contributed by atoms with E-state index in [1.54, 1.807) is 0 Å². The van der Waals surface area contributed by atoms with Gasteiger partial charge in [-0.3, -0.25) is 0 Å². The Morgan fingerprint density at radius 3 is 2.64 bits per heavy atom. The topological polar surface area (TPSA) is 0 Å². The number of rotatable bonds is 1. The third kappa shape index (κ3) is 1.71. The van der Waals surface area contributed by atoms with Crippen LogP contribution in [0.15, 0.2) is 0 Å². The number of hydrogen-bond donors (Lipinski definition) is 0. The second kappa shape index (κ2) is 3.08. The molecular formula is C9H16F2. The van der Waals surface area contributed by atoms with Crippen molar-refractivity contribution in [3.63, 3.8) is 0 Å². The second-order valence-corrected chi connectivity index (χ2v) is 3.74. The summed E-state index contributed by atoms with van der Waals surface area (Å²) in [6.07, 6.45) is 1.62. The molecule has 3 atom stereocenters.